The molecule has 1 saturated heterocycles. The Morgan fingerprint density at radius 2 is 1.80 bits per heavy atom. The molecule has 114 valence electrons. The van der Waals surface area contributed by atoms with Crippen molar-refractivity contribution in [2.75, 3.05) is 32.7 Å². The zero-order valence-corrected chi connectivity index (χ0v) is 13.4. The van der Waals surface area contributed by atoms with Gasteiger partial charge in [-0.2, -0.15) is 0 Å². The monoisotopic (exact) mass is 279 g/mol. The van der Waals surface area contributed by atoms with Gasteiger partial charge in [0, 0.05) is 43.8 Å². The first kappa shape index (κ1) is 15.5. The maximum atomic E-state index is 5.64. The van der Waals surface area contributed by atoms with Crippen molar-refractivity contribution in [2.24, 2.45) is 0 Å². The van der Waals surface area contributed by atoms with Crippen LogP contribution in [-0.4, -0.2) is 48.1 Å². The highest BCUT2D eigenvalue weighted by molar-refractivity contribution is 5.17. The molecule has 0 aliphatic carbocycles. The number of rotatable bonds is 5. The van der Waals surface area contributed by atoms with E-state index in [9.17, 15) is 0 Å². The Kier molecular flexibility index (Phi) is 5.24. The number of furan rings is 1. The minimum absolute atomic E-state index is 0.122. The molecule has 0 radical (unpaired) electrons. The third kappa shape index (κ3) is 4.62. The summed E-state index contributed by atoms with van der Waals surface area (Å²) in [7, 11) is 0. The van der Waals surface area contributed by atoms with E-state index in [0.717, 1.165) is 31.9 Å². The van der Waals surface area contributed by atoms with Crippen molar-refractivity contribution in [3.8, 4) is 0 Å². The molecule has 20 heavy (non-hydrogen) atoms. The highest BCUT2D eigenvalue weighted by atomic mass is 16.3. The molecule has 1 fully saturated rings. The predicted octanol–water partition coefficient (Wildman–Crippen LogP) is 2.31. The third-order valence-corrected chi connectivity index (χ3v) is 3.92. The standard InChI is InChI=1S/C16H29N3O/c1-5-18-7-9-19(10-8-18)13-14-6-11-20-15(14)12-17-16(2,3)4/h6,11,17H,5,7-10,12-13H2,1-4H3. The summed E-state index contributed by atoms with van der Waals surface area (Å²) < 4.78 is 5.64. The average Bonchev–Trinajstić information content (AvgIpc) is 2.84. The van der Waals surface area contributed by atoms with E-state index in [-0.39, 0.29) is 5.54 Å². The van der Waals surface area contributed by atoms with Crippen LogP contribution in [0.15, 0.2) is 16.7 Å². The Morgan fingerprint density at radius 3 is 2.40 bits per heavy atom. The fraction of sp³-hybridized carbons (Fsp3) is 0.750. The lowest BCUT2D eigenvalue weighted by atomic mass is 10.1. The molecule has 0 bridgehead atoms. The second kappa shape index (κ2) is 6.74. The van der Waals surface area contributed by atoms with Crippen molar-refractivity contribution in [3.05, 3.63) is 23.7 Å². The summed E-state index contributed by atoms with van der Waals surface area (Å²) in [4.78, 5) is 5.03. The topological polar surface area (TPSA) is 31.6 Å². The van der Waals surface area contributed by atoms with Gasteiger partial charge in [-0.05, 0) is 33.4 Å². The van der Waals surface area contributed by atoms with Crippen LogP contribution < -0.4 is 5.32 Å². The molecule has 0 aromatic carbocycles. The molecule has 1 aliphatic rings. The number of piperazine rings is 1. The van der Waals surface area contributed by atoms with E-state index in [1.807, 2.05) is 6.26 Å². The molecular formula is C16H29N3O. The van der Waals surface area contributed by atoms with E-state index in [1.165, 1.54) is 25.2 Å². The summed E-state index contributed by atoms with van der Waals surface area (Å²) in [6.07, 6.45) is 1.82. The molecule has 1 N–H and O–H groups in total. The van der Waals surface area contributed by atoms with Crippen LogP contribution in [0.4, 0.5) is 0 Å². The lowest BCUT2D eigenvalue weighted by molar-refractivity contribution is 0.131. The van der Waals surface area contributed by atoms with Gasteiger partial charge >= 0.3 is 0 Å². The molecule has 4 heteroatoms. The molecular weight excluding hydrogens is 250 g/mol. The average molecular weight is 279 g/mol. The molecule has 0 unspecified atom stereocenters. The van der Waals surface area contributed by atoms with Gasteiger partial charge in [-0.15, -0.1) is 0 Å². The minimum atomic E-state index is 0.122. The summed E-state index contributed by atoms with van der Waals surface area (Å²) in [5.41, 5.74) is 1.45. The van der Waals surface area contributed by atoms with Crippen LogP contribution in [0.2, 0.25) is 0 Å². The van der Waals surface area contributed by atoms with Crippen LogP contribution in [0, 0.1) is 0 Å². The zero-order valence-electron chi connectivity index (χ0n) is 13.4. The van der Waals surface area contributed by atoms with Crippen LogP contribution in [0.3, 0.4) is 0 Å². The Hall–Kier alpha value is -0.840. The second-order valence-corrected chi connectivity index (χ2v) is 6.68. The van der Waals surface area contributed by atoms with Gasteiger partial charge in [0.15, 0.2) is 0 Å². The molecule has 2 rings (SSSR count). The van der Waals surface area contributed by atoms with Crippen LogP contribution in [0.5, 0.6) is 0 Å². The predicted molar refractivity (Wildman–Crippen MR) is 82.7 cm³/mol. The Morgan fingerprint density at radius 1 is 1.15 bits per heavy atom. The Balaban J connectivity index is 1.86. The number of likely N-dealkylation sites (N-methyl/N-ethyl adjacent to an activating group) is 1. The maximum absolute atomic E-state index is 5.64. The van der Waals surface area contributed by atoms with Crippen molar-refractivity contribution in [2.45, 2.75) is 46.3 Å². The summed E-state index contributed by atoms with van der Waals surface area (Å²) in [5, 5.41) is 3.50. The van der Waals surface area contributed by atoms with Crippen molar-refractivity contribution in [1.82, 2.24) is 15.1 Å². The van der Waals surface area contributed by atoms with Crippen LogP contribution in [0.25, 0.3) is 0 Å². The van der Waals surface area contributed by atoms with E-state index in [2.05, 4.69) is 48.9 Å². The van der Waals surface area contributed by atoms with Gasteiger partial charge in [0.1, 0.15) is 5.76 Å². The number of nitrogens with zero attached hydrogens (tertiary/aromatic N) is 2. The zero-order chi connectivity index (χ0) is 14.6. The lowest BCUT2D eigenvalue weighted by Crippen LogP contribution is -2.45. The Labute approximate surface area is 123 Å². The fourth-order valence-corrected chi connectivity index (χ4v) is 2.51. The third-order valence-electron chi connectivity index (χ3n) is 3.92. The van der Waals surface area contributed by atoms with Crippen molar-refractivity contribution in [3.63, 3.8) is 0 Å². The number of hydrogen-bond acceptors (Lipinski definition) is 4. The van der Waals surface area contributed by atoms with Gasteiger partial charge in [-0.1, -0.05) is 6.92 Å². The van der Waals surface area contributed by atoms with E-state index < -0.39 is 0 Å². The molecule has 1 aromatic rings. The van der Waals surface area contributed by atoms with E-state index >= 15 is 0 Å². The first-order valence-corrected chi connectivity index (χ1v) is 7.73. The molecule has 0 amide bonds. The van der Waals surface area contributed by atoms with E-state index in [0.29, 0.717) is 0 Å². The minimum Gasteiger partial charge on any atom is -0.468 e. The second-order valence-electron chi connectivity index (χ2n) is 6.68. The molecule has 1 aromatic heterocycles. The molecule has 1 aliphatic heterocycles. The van der Waals surface area contributed by atoms with Crippen LogP contribution >= 0.6 is 0 Å². The quantitative estimate of drug-likeness (QED) is 0.896. The van der Waals surface area contributed by atoms with Crippen LogP contribution in [-0.2, 0) is 13.1 Å². The lowest BCUT2D eigenvalue weighted by Gasteiger charge is -2.34. The van der Waals surface area contributed by atoms with Crippen molar-refractivity contribution in [1.29, 1.82) is 0 Å². The summed E-state index contributed by atoms with van der Waals surface area (Å²) in [5.74, 6) is 1.08. The normalized spacial score (nSPS) is 18.6. The smallest absolute Gasteiger partial charge is 0.122 e. The van der Waals surface area contributed by atoms with Gasteiger partial charge in [0.05, 0.1) is 12.8 Å². The summed E-state index contributed by atoms with van der Waals surface area (Å²) >= 11 is 0. The van der Waals surface area contributed by atoms with Crippen molar-refractivity contribution >= 4 is 0 Å². The van der Waals surface area contributed by atoms with E-state index in [4.69, 9.17) is 4.42 Å². The first-order chi connectivity index (χ1) is 9.48. The van der Waals surface area contributed by atoms with Gasteiger partial charge in [0.25, 0.3) is 0 Å². The van der Waals surface area contributed by atoms with Crippen LogP contribution in [0.1, 0.15) is 39.0 Å². The van der Waals surface area contributed by atoms with E-state index in [1.54, 1.807) is 0 Å². The van der Waals surface area contributed by atoms with Crippen molar-refractivity contribution < 1.29 is 4.42 Å². The molecule has 0 saturated carbocycles. The summed E-state index contributed by atoms with van der Waals surface area (Å²) in [6.45, 7) is 16.4. The largest absolute Gasteiger partial charge is 0.468 e. The number of hydrogen-bond donors (Lipinski definition) is 1. The molecule has 0 spiro atoms. The van der Waals surface area contributed by atoms with Gasteiger partial charge in [-0.25, -0.2) is 0 Å². The highest BCUT2D eigenvalue weighted by Crippen LogP contribution is 2.16. The SMILES string of the molecule is CCN1CCN(Cc2ccoc2CNC(C)(C)C)CC1. The fourth-order valence-electron chi connectivity index (χ4n) is 2.51. The Bertz CT molecular complexity index is 400. The molecule has 2 heterocycles. The van der Waals surface area contributed by atoms with Gasteiger partial charge in [-0.3, -0.25) is 4.90 Å². The summed E-state index contributed by atoms with van der Waals surface area (Å²) in [6, 6.07) is 2.12. The maximum Gasteiger partial charge on any atom is 0.122 e. The first-order valence-electron chi connectivity index (χ1n) is 7.73. The van der Waals surface area contributed by atoms with Gasteiger partial charge in [0.2, 0.25) is 0 Å². The number of nitrogens with one attached hydrogen (secondary N) is 1. The van der Waals surface area contributed by atoms with Gasteiger partial charge < -0.3 is 14.6 Å². The molecule has 4 nitrogen and oxygen atoms in total. The highest BCUT2D eigenvalue weighted by Gasteiger charge is 2.18. The molecule has 0 atom stereocenters.